The summed E-state index contributed by atoms with van der Waals surface area (Å²) in [7, 11) is -4.04. The fourth-order valence-electron chi connectivity index (χ4n) is 2.81. The lowest BCUT2D eigenvalue weighted by Crippen LogP contribution is -2.47. The van der Waals surface area contributed by atoms with E-state index in [9.17, 15) is 18.3 Å². The number of sulfonamides is 1. The number of carboxylic acids is 1. The Kier molecular flexibility index (Phi) is 4.39. The Balaban J connectivity index is 2.03. The van der Waals surface area contributed by atoms with Gasteiger partial charge in [-0.25, -0.2) is 8.42 Å². The third-order valence-electron chi connectivity index (χ3n) is 3.92. The molecule has 0 aliphatic carbocycles. The van der Waals surface area contributed by atoms with Gasteiger partial charge >= 0.3 is 5.97 Å². The number of carboxylic acid groups (broad SMARTS) is 1. The first-order valence-corrected chi connectivity index (χ1v) is 9.07. The molecule has 23 heavy (non-hydrogen) atoms. The highest BCUT2D eigenvalue weighted by Gasteiger charge is 2.39. The molecule has 1 N–H and O–H groups in total. The third-order valence-corrected chi connectivity index (χ3v) is 6.29. The van der Waals surface area contributed by atoms with Gasteiger partial charge in [0, 0.05) is 18.7 Å². The van der Waals surface area contributed by atoms with E-state index in [0.29, 0.717) is 37.6 Å². The van der Waals surface area contributed by atoms with E-state index in [2.05, 4.69) is 0 Å². The summed E-state index contributed by atoms with van der Waals surface area (Å²) < 4.78 is 37.5. The van der Waals surface area contributed by atoms with Crippen LogP contribution < -0.4 is 9.47 Å². The molecule has 2 heterocycles. The van der Waals surface area contributed by atoms with Crippen molar-refractivity contribution < 1.29 is 27.8 Å². The molecule has 1 aromatic carbocycles. The SMILES string of the molecule is O=C(O)C1CCCCN1S(=O)(=O)c1cc2c(cc1Cl)OCCO2. The second-order valence-corrected chi connectivity index (χ2v) is 7.66. The molecule has 7 nitrogen and oxygen atoms in total. The number of ether oxygens (including phenoxy) is 2. The molecule has 1 saturated heterocycles. The second-order valence-electron chi connectivity index (χ2n) is 5.39. The maximum atomic E-state index is 12.9. The van der Waals surface area contributed by atoms with E-state index in [-0.39, 0.29) is 22.9 Å². The number of nitrogens with zero attached hydrogens (tertiary/aromatic N) is 1. The van der Waals surface area contributed by atoms with Crippen molar-refractivity contribution in [3.8, 4) is 11.5 Å². The van der Waals surface area contributed by atoms with Gasteiger partial charge in [-0.2, -0.15) is 4.31 Å². The predicted octanol–water partition coefficient (Wildman–Crippen LogP) is 1.74. The van der Waals surface area contributed by atoms with Gasteiger partial charge in [-0.1, -0.05) is 11.6 Å². The Morgan fingerprint density at radius 1 is 1.22 bits per heavy atom. The fraction of sp³-hybridized carbons (Fsp3) is 0.500. The smallest absolute Gasteiger partial charge is 0.322 e. The maximum Gasteiger partial charge on any atom is 0.322 e. The quantitative estimate of drug-likeness (QED) is 0.881. The molecule has 0 amide bonds. The van der Waals surface area contributed by atoms with E-state index >= 15 is 0 Å². The van der Waals surface area contributed by atoms with Crippen molar-refractivity contribution in [2.45, 2.75) is 30.2 Å². The fourth-order valence-corrected chi connectivity index (χ4v) is 4.97. The minimum Gasteiger partial charge on any atom is -0.486 e. The van der Waals surface area contributed by atoms with Gasteiger partial charge in [-0.05, 0) is 19.3 Å². The molecule has 2 aliphatic rings. The first-order chi connectivity index (χ1) is 10.9. The van der Waals surface area contributed by atoms with Gasteiger partial charge in [0.15, 0.2) is 11.5 Å². The molecule has 0 aromatic heterocycles. The molecule has 0 saturated carbocycles. The van der Waals surface area contributed by atoms with Gasteiger partial charge in [0.1, 0.15) is 24.2 Å². The van der Waals surface area contributed by atoms with Crippen LogP contribution >= 0.6 is 11.6 Å². The average molecular weight is 362 g/mol. The number of hydrogen-bond acceptors (Lipinski definition) is 5. The number of piperidine rings is 1. The van der Waals surface area contributed by atoms with Crippen LogP contribution in [0, 0.1) is 0 Å². The highest BCUT2D eigenvalue weighted by Crippen LogP contribution is 2.39. The molecule has 0 spiro atoms. The first kappa shape index (κ1) is 16.4. The molecule has 126 valence electrons. The summed E-state index contributed by atoms with van der Waals surface area (Å²) in [6.07, 6.45) is 1.58. The van der Waals surface area contributed by atoms with Crippen LogP contribution in [0.4, 0.5) is 0 Å². The first-order valence-electron chi connectivity index (χ1n) is 7.25. The number of benzene rings is 1. The van der Waals surface area contributed by atoms with Crippen LogP contribution in [0.3, 0.4) is 0 Å². The molecule has 9 heteroatoms. The Morgan fingerprint density at radius 3 is 2.52 bits per heavy atom. The van der Waals surface area contributed by atoms with Crippen LogP contribution in [0.1, 0.15) is 19.3 Å². The normalized spacial score (nSPS) is 21.9. The van der Waals surface area contributed by atoms with Gasteiger partial charge < -0.3 is 14.6 Å². The van der Waals surface area contributed by atoms with Crippen molar-refractivity contribution in [1.29, 1.82) is 0 Å². The van der Waals surface area contributed by atoms with Crippen molar-refractivity contribution in [3.05, 3.63) is 17.2 Å². The molecule has 2 aliphatic heterocycles. The molecule has 1 atom stereocenters. The number of halogens is 1. The number of aliphatic carboxylic acids is 1. The number of fused-ring (bicyclic) bond motifs is 1. The Morgan fingerprint density at radius 2 is 1.87 bits per heavy atom. The average Bonchev–Trinajstić information content (AvgIpc) is 2.54. The van der Waals surface area contributed by atoms with Crippen molar-refractivity contribution in [1.82, 2.24) is 4.31 Å². The monoisotopic (exact) mass is 361 g/mol. The summed E-state index contributed by atoms with van der Waals surface area (Å²) in [6.45, 7) is 0.836. The van der Waals surface area contributed by atoms with Crippen molar-refractivity contribution >= 4 is 27.6 Å². The van der Waals surface area contributed by atoms with E-state index in [0.717, 1.165) is 4.31 Å². The van der Waals surface area contributed by atoms with Gasteiger partial charge in [-0.15, -0.1) is 0 Å². The third kappa shape index (κ3) is 2.98. The zero-order chi connectivity index (χ0) is 16.6. The highest BCUT2D eigenvalue weighted by atomic mass is 35.5. The van der Waals surface area contributed by atoms with Crippen molar-refractivity contribution in [2.24, 2.45) is 0 Å². The lowest BCUT2D eigenvalue weighted by Gasteiger charge is -2.32. The summed E-state index contributed by atoms with van der Waals surface area (Å²) in [6, 6.07) is 1.63. The molecule has 0 radical (unpaired) electrons. The van der Waals surface area contributed by atoms with E-state index in [1.807, 2.05) is 0 Å². The topological polar surface area (TPSA) is 93.1 Å². The van der Waals surface area contributed by atoms with E-state index in [4.69, 9.17) is 21.1 Å². The molecule has 0 bridgehead atoms. The van der Waals surface area contributed by atoms with E-state index < -0.39 is 22.0 Å². The second kappa shape index (κ2) is 6.18. The zero-order valence-corrected chi connectivity index (χ0v) is 13.8. The maximum absolute atomic E-state index is 12.9. The van der Waals surface area contributed by atoms with Crippen molar-refractivity contribution in [2.75, 3.05) is 19.8 Å². The van der Waals surface area contributed by atoms with Crippen LogP contribution in [0.2, 0.25) is 5.02 Å². The Hall–Kier alpha value is -1.51. The Labute approximate surface area is 138 Å². The van der Waals surface area contributed by atoms with Crippen LogP contribution in [-0.2, 0) is 14.8 Å². The predicted molar refractivity (Wildman–Crippen MR) is 81.6 cm³/mol. The largest absolute Gasteiger partial charge is 0.486 e. The summed E-state index contributed by atoms with van der Waals surface area (Å²) in [5, 5.41) is 9.29. The van der Waals surface area contributed by atoms with Crippen LogP contribution in [0.15, 0.2) is 17.0 Å². The molecular formula is C14H16ClNO6S. The van der Waals surface area contributed by atoms with Crippen LogP contribution in [0.25, 0.3) is 0 Å². The van der Waals surface area contributed by atoms with Crippen LogP contribution in [0.5, 0.6) is 11.5 Å². The highest BCUT2D eigenvalue weighted by molar-refractivity contribution is 7.89. The number of hydrogen-bond donors (Lipinski definition) is 1. The molecule has 1 aromatic rings. The lowest BCUT2D eigenvalue weighted by molar-refractivity contribution is -0.142. The lowest BCUT2D eigenvalue weighted by atomic mass is 10.1. The number of carbonyl (C=O) groups is 1. The van der Waals surface area contributed by atoms with Gasteiger partial charge in [0.05, 0.1) is 5.02 Å². The molecule has 1 fully saturated rings. The van der Waals surface area contributed by atoms with Crippen molar-refractivity contribution in [3.63, 3.8) is 0 Å². The minimum atomic E-state index is -4.04. The Bertz CT molecular complexity index is 735. The summed E-state index contributed by atoms with van der Waals surface area (Å²) >= 11 is 6.10. The molecular weight excluding hydrogens is 346 g/mol. The standard InChI is InChI=1S/C14H16ClNO6S/c15-9-7-11-12(22-6-5-21-11)8-13(9)23(19,20)16-4-2-1-3-10(16)14(17)18/h7-8,10H,1-6H2,(H,17,18). The van der Waals surface area contributed by atoms with E-state index in [1.54, 1.807) is 0 Å². The molecule has 1 unspecified atom stereocenters. The zero-order valence-electron chi connectivity index (χ0n) is 12.2. The van der Waals surface area contributed by atoms with Gasteiger partial charge in [0.2, 0.25) is 10.0 Å². The summed E-state index contributed by atoms with van der Waals surface area (Å²) in [4.78, 5) is 11.2. The minimum absolute atomic E-state index is 0.0102. The van der Waals surface area contributed by atoms with E-state index in [1.165, 1.54) is 12.1 Å². The van der Waals surface area contributed by atoms with Crippen LogP contribution in [-0.4, -0.2) is 49.6 Å². The molecule has 3 rings (SSSR count). The summed E-state index contributed by atoms with van der Waals surface area (Å²) in [5.74, 6) is -0.473. The number of rotatable bonds is 3. The van der Waals surface area contributed by atoms with Gasteiger partial charge in [0.25, 0.3) is 0 Å². The summed E-state index contributed by atoms with van der Waals surface area (Å²) in [5.41, 5.74) is 0. The van der Waals surface area contributed by atoms with Gasteiger partial charge in [-0.3, -0.25) is 4.79 Å².